The van der Waals surface area contributed by atoms with Crippen molar-refractivity contribution in [3.05, 3.63) is 56.1 Å². The lowest BCUT2D eigenvalue weighted by Crippen LogP contribution is -2.47. The molecule has 0 saturated heterocycles. The number of fused-ring (bicyclic) bond motifs is 1. The number of hydrogen-bond acceptors (Lipinski definition) is 5. The molecular formula is C19H19Cl2N3O4S2. The van der Waals surface area contributed by atoms with Gasteiger partial charge in [0.15, 0.2) is 0 Å². The van der Waals surface area contributed by atoms with Crippen LogP contribution < -0.4 is 14.5 Å². The first-order valence-corrected chi connectivity index (χ1v) is 12.3. The molecule has 7 nitrogen and oxygen atoms in total. The van der Waals surface area contributed by atoms with Crippen molar-refractivity contribution in [3.8, 4) is 0 Å². The van der Waals surface area contributed by atoms with Gasteiger partial charge >= 0.3 is 4.87 Å². The molecular weight excluding hydrogens is 469 g/mol. The molecule has 1 amide bonds. The van der Waals surface area contributed by atoms with Crippen molar-refractivity contribution in [2.24, 2.45) is 7.05 Å². The lowest BCUT2D eigenvalue weighted by Gasteiger charge is -2.30. The monoisotopic (exact) mass is 487 g/mol. The van der Waals surface area contributed by atoms with E-state index in [1.165, 1.54) is 22.8 Å². The summed E-state index contributed by atoms with van der Waals surface area (Å²) < 4.78 is 28.4. The Balaban J connectivity index is 1.98. The van der Waals surface area contributed by atoms with Crippen LogP contribution in [-0.2, 0) is 21.9 Å². The van der Waals surface area contributed by atoms with Crippen LogP contribution in [0.1, 0.15) is 13.3 Å². The molecule has 11 heteroatoms. The Hall–Kier alpha value is -2.07. The number of aryl methyl sites for hydroxylation is 1. The van der Waals surface area contributed by atoms with E-state index in [1.807, 2.05) is 0 Å². The molecule has 2 aromatic carbocycles. The van der Waals surface area contributed by atoms with Crippen LogP contribution >= 0.6 is 34.5 Å². The zero-order chi connectivity index (χ0) is 22.2. The molecule has 1 atom stereocenters. The van der Waals surface area contributed by atoms with E-state index in [0.29, 0.717) is 15.4 Å². The van der Waals surface area contributed by atoms with Crippen LogP contribution in [0.5, 0.6) is 0 Å². The molecule has 160 valence electrons. The minimum absolute atomic E-state index is 0.112. The number of aromatic nitrogens is 1. The van der Waals surface area contributed by atoms with Gasteiger partial charge in [-0.2, -0.15) is 0 Å². The summed E-state index contributed by atoms with van der Waals surface area (Å²) in [5, 5.41) is 3.20. The summed E-state index contributed by atoms with van der Waals surface area (Å²) in [4.78, 5) is 24.8. The number of carbonyl (C=O) groups excluding carboxylic acids is 1. The molecule has 3 aromatic rings. The van der Waals surface area contributed by atoms with Crippen LogP contribution in [0.25, 0.3) is 10.2 Å². The first kappa shape index (κ1) is 22.6. The SMILES string of the molecule is CCC(C(=O)Nc1ccc2c(c1)sc(=O)n2C)N(c1cc(Cl)ccc1Cl)S(C)(=O)=O. The van der Waals surface area contributed by atoms with Crippen molar-refractivity contribution < 1.29 is 13.2 Å². The van der Waals surface area contributed by atoms with Gasteiger partial charge in [0, 0.05) is 17.8 Å². The Kier molecular flexibility index (Phi) is 6.47. The van der Waals surface area contributed by atoms with E-state index in [4.69, 9.17) is 23.2 Å². The zero-order valence-corrected chi connectivity index (χ0v) is 19.5. The summed E-state index contributed by atoms with van der Waals surface area (Å²) >= 11 is 13.3. The van der Waals surface area contributed by atoms with Crippen LogP contribution in [0.2, 0.25) is 10.0 Å². The number of nitrogens with zero attached hydrogens (tertiary/aromatic N) is 2. The molecule has 0 spiro atoms. The van der Waals surface area contributed by atoms with Gasteiger partial charge in [-0.15, -0.1) is 0 Å². The van der Waals surface area contributed by atoms with E-state index in [-0.39, 0.29) is 22.0 Å². The molecule has 30 heavy (non-hydrogen) atoms. The second-order valence-electron chi connectivity index (χ2n) is 6.68. The minimum Gasteiger partial charge on any atom is -0.324 e. The van der Waals surface area contributed by atoms with Gasteiger partial charge in [-0.3, -0.25) is 13.9 Å². The third-order valence-electron chi connectivity index (χ3n) is 4.54. The van der Waals surface area contributed by atoms with E-state index >= 15 is 0 Å². The standard InChI is InChI=1S/C19H19Cl2N3O4S2/c1-4-14(24(30(3,27)28)16-9-11(20)5-7-13(16)21)18(25)22-12-6-8-15-17(10-12)29-19(26)23(15)2/h5-10,14H,4H2,1-3H3,(H,22,25). The lowest BCUT2D eigenvalue weighted by atomic mass is 10.1. The predicted octanol–water partition coefficient (Wildman–Crippen LogP) is 4.09. The molecule has 0 saturated carbocycles. The summed E-state index contributed by atoms with van der Waals surface area (Å²) in [6.45, 7) is 1.70. The topological polar surface area (TPSA) is 88.5 Å². The zero-order valence-electron chi connectivity index (χ0n) is 16.3. The largest absolute Gasteiger partial charge is 0.324 e. The van der Waals surface area contributed by atoms with Gasteiger partial charge < -0.3 is 9.88 Å². The maximum absolute atomic E-state index is 13.1. The maximum atomic E-state index is 13.1. The number of carbonyl (C=O) groups is 1. The van der Waals surface area contributed by atoms with Gasteiger partial charge in [-0.25, -0.2) is 8.42 Å². The summed E-state index contributed by atoms with van der Waals surface area (Å²) in [6, 6.07) is 8.45. The van der Waals surface area contributed by atoms with Crippen LogP contribution in [0.15, 0.2) is 41.2 Å². The molecule has 3 rings (SSSR count). The van der Waals surface area contributed by atoms with Crippen LogP contribution in [0.4, 0.5) is 11.4 Å². The third-order valence-corrected chi connectivity index (χ3v) is 7.25. The predicted molar refractivity (Wildman–Crippen MR) is 124 cm³/mol. The quantitative estimate of drug-likeness (QED) is 0.566. The number of sulfonamides is 1. The molecule has 0 bridgehead atoms. The molecule has 1 unspecified atom stereocenters. The van der Waals surface area contributed by atoms with E-state index in [0.717, 1.165) is 27.4 Å². The number of hydrogen-bond donors (Lipinski definition) is 1. The van der Waals surface area contributed by atoms with E-state index in [1.54, 1.807) is 32.2 Å². The maximum Gasteiger partial charge on any atom is 0.307 e. The summed E-state index contributed by atoms with van der Waals surface area (Å²) in [6.07, 6.45) is 1.20. The molecule has 0 fully saturated rings. The molecule has 1 N–H and O–H groups in total. The number of thiazole rings is 1. The van der Waals surface area contributed by atoms with Crippen molar-refractivity contribution in [2.45, 2.75) is 19.4 Å². The molecule has 1 heterocycles. The van der Waals surface area contributed by atoms with Gasteiger partial charge in [0.2, 0.25) is 15.9 Å². The van der Waals surface area contributed by atoms with Gasteiger partial charge in [0.1, 0.15) is 6.04 Å². The van der Waals surface area contributed by atoms with Crippen molar-refractivity contribution in [1.29, 1.82) is 0 Å². The number of nitrogens with one attached hydrogen (secondary N) is 1. The molecule has 0 aliphatic heterocycles. The third kappa shape index (κ3) is 4.49. The smallest absolute Gasteiger partial charge is 0.307 e. The first-order valence-electron chi connectivity index (χ1n) is 8.87. The van der Waals surface area contributed by atoms with Crippen molar-refractivity contribution >= 4 is 72.1 Å². The highest BCUT2D eigenvalue weighted by Gasteiger charge is 2.33. The average Bonchev–Trinajstić information content (AvgIpc) is 2.94. The van der Waals surface area contributed by atoms with E-state index in [2.05, 4.69) is 5.32 Å². The Morgan fingerprint density at radius 1 is 1.23 bits per heavy atom. The number of benzene rings is 2. The van der Waals surface area contributed by atoms with Gasteiger partial charge in [-0.05, 0) is 42.8 Å². The van der Waals surface area contributed by atoms with Crippen LogP contribution in [0, 0.1) is 0 Å². The number of anilines is 2. The fraction of sp³-hybridized carbons (Fsp3) is 0.263. The normalized spacial score (nSPS) is 12.7. The minimum atomic E-state index is -3.86. The number of rotatable bonds is 6. The Bertz CT molecular complexity index is 1280. The Morgan fingerprint density at radius 3 is 2.57 bits per heavy atom. The second kappa shape index (κ2) is 8.58. The van der Waals surface area contributed by atoms with E-state index < -0.39 is 22.0 Å². The van der Waals surface area contributed by atoms with Crippen molar-refractivity contribution in [3.63, 3.8) is 0 Å². The number of halogens is 2. The summed E-state index contributed by atoms with van der Waals surface area (Å²) in [5.74, 6) is -0.526. The van der Waals surface area contributed by atoms with Crippen LogP contribution in [-0.4, -0.2) is 31.2 Å². The van der Waals surface area contributed by atoms with E-state index in [9.17, 15) is 18.0 Å². The van der Waals surface area contributed by atoms with Gasteiger partial charge in [0.25, 0.3) is 0 Å². The molecule has 0 radical (unpaired) electrons. The number of amides is 1. The summed E-state index contributed by atoms with van der Waals surface area (Å²) in [7, 11) is -2.18. The van der Waals surface area contributed by atoms with Crippen molar-refractivity contribution in [1.82, 2.24) is 4.57 Å². The Morgan fingerprint density at radius 2 is 1.93 bits per heavy atom. The molecule has 0 aliphatic carbocycles. The fourth-order valence-corrected chi connectivity index (χ4v) is 5.69. The second-order valence-corrected chi connectivity index (χ2v) is 10.4. The molecule has 0 aliphatic rings. The van der Waals surface area contributed by atoms with Gasteiger partial charge in [0.05, 0.1) is 27.2 Å². The first-order chi connectivity index (χ1) is 14.0. The highest BCUT2D eigenvalue weighted by Crippen LogP contribution is 2.33. The fourth-order valence-electron chi connectivity index (χ4n) is 3.13. The lowest BCUT2D eigenvalue weighted by molar-refractivity contribution is -0.117. The summed E-state index contributed by atoms with van der Waals surface area (Å²) in [5.41, 5.74) is 1.34. The van der Waals surface area contributed by atoms with Gasteiger partial charge in [-0.1, -0.05) is 41.5 Å². The van der Waals surface area contributed by atoms with Crippen LogP contribution in [0.3, 0.4) is 0 Å². The Labute approximate surface area is 187 Å². The van der Waals surface area contributed by atoms with Crippen molar-refractivity contribution in [2.75, 3.05) is 15.9 Å². The average molecular weight is 488 g/mol. The molecule has 1 aromatic heterocycles. The highest BCUT2D eigenvalue weighted by molar-refractivity contribution is 7.92. The highest BCUT2D eigenvalue weighted by atomic mass is 35.5.